The molecule has 0 fully saturated rings. The first-order chi connectivity index (χ1) is 9.56. The SMILES string of the molecule is CC(NCCc1ccc(F)cc1)c1ccc(F)cc1Br. The minimum Gasteiger partial charge on any atom is -0.310 e. The van der Waals surface area contributed by atoms with E-state index in [-0.39, 0.29) is 17.7 Å². The number of rotatable bonds is 5. The maximum Gasteiger partial charge on any atom is 0.124 e. The van der Waals surface area contributed by atoms with Crippen LogP contribution in [0.1, 0.15) is 24.1 Å². The summed E-state index contributed by atoms with van der Waals surface area (Å²) in [7, 11) is 0. The van der Waals surface area contributed by atoms with Crippen LogP contribution in [0.4, 0.5) is 8.78 Å². The molecule has 0 amide bonds. The van der Waals surface area contributed by atoms with Crippen molar-refractivity contribution in [1.82, 2.24) is 5.32 Å². The summed E-state index contributed by atoms with van der Waals surface area (Å²) in [6.45, 7) is 2.80. The molecule has 0 saturated carbocycles. The zero-order chi connectivity index (χ0) is 14.5. The van der Waals surface area contributed by atoms with Gasteiger partial charge >= 0.3 is 0 Å². The van der Waals surface area contributed by atoms with Crippen LogP contribution in [0.3, 0.4) is 0 Å². The van der Waals surface area contributed by atoms with Crippen LogP contribution >= 0.6 is 15.9 Å². The lowest BCUT2D eigenvalue weighted by Crippen LogP contribution is -2.21. The standard InChI is InChI=1S/C16H16BrF2N/c1-11(15-7-6-14(19)10-16(15)17)20-9-8-12-2-4-13(18)5-3-12/h2-7,10-11,20H,8-9H2,1H3. The van der Waals surface area contributed by atoms with Crippen molar-refractivity contribution in [3.05, 3.63) is 69.7 Å². The Morgan fingerprint density at radius 1 is 1.05 bits per heavy atom. The Bertz CT molecular complexity index is 569. The molecule has 1 N–H and O–H groups in total. The molecule has 106 valence electrons. The van der Waals surface area contributed by atoms with Gasteiger partial charge in [-0.3, -0.25) is 0 Å². The molecule has 2 aromatic carbocycles. The summed E-state index contributed by atoms with van der Waals surface area (Å²) >= 11 is 3.37. The van der Waals surface area contributed by atoms with Gasteiger partial charge in [-0.05, 0) is 55.3 Å². The first-order valence-corrected chi connectivity index (χ1v) is 7.28. The molecule has 0 bridgehead atoms. The number of benzene rings is 2. The molecule has 0 radical (unpaired) electrons. The molecule has 1 nitrogen and oxygen atoms in total. The zero-order valence-corrected chi connectivity index (χ0v) is 12.8. The summed E-state index contributed by atoms with van der Waals surface area (Å²) in [5, 5.41) is 3.38. The lowest BCUT2D eigenvalue weighted by atomic mass is 10.1. The highest BCUT2D eigenvalue weighted by molar-refractivity contribution is 9.10. The minimum atomic E-state index is -0.251. The van der Waals surface area contributed by atoms with Crippen molar-refractivity contribution in [2.24, 2.45) is 0 Å². The summed E-state index contributed by atoms with van der Waals surface area (Å²) in [6, 6.07) is 11.3. The molecule has 0 aliphatic heterocycles. The average Bonchev–Trinajstić information content (AvgIpc) is 2.41. The highest BCUT2D eigenvalue weighted by Gasteiger charge is 2.09. The van der Waals surface area contributed by atoms with Crippen LogP contribution < -0.4 is 5.32 Å². The fourth-order valence-corrected chi connectivity index (χ4v) is 2.74. The summed E-state index contributed by atoms with van der Waals surface area (Å²) < 4.78 is 26.6. The monoisotopic (exact) mass is 339 g/mol. The van der Waals surface area contributed by atoms with Crippen LogP contribution in [-0.4, -0.2) is 6.54 Å². The number of hydrogen-bond donors (Lipinski definition) is 1. The Hall–Kier alpha value is -1.26. The summed E-state index contributed by atoms with van der Waals surface area (Å²) in [5.74, 6) is -0.468. The molecule has 0 saturated heterocycles. The average molecular weight is 340 g/mol. The predicted octanol–water partition coefficient (Wildman–Crippen LogP) is 4.62. The third-order valence-corrected chi connectivity index (χ3v) is 3.89. The van der Waals surface area contributed by atoms with Gasteiger partial charge in [0.2, 0.25) is 0 Å². The maximum absolute atomic E-state index is 13.0. The van der Waals surface area contributed by atoms with E-state index in [4.69, 9.17) is 0 Å². The summed E-state index contributed by atoms with van der Waals surface area (Å²) in [5.41, 5.74) is 2.11. The van der Waals surface area contributed by atoms with Gasteiger partial charge in [-0.2, -0.15) is 0 Å². The smallest absolute Gasteiger partial charge is 0.124 e. The van der Waals surface area contributed by atoms with Crippen LogP contribution in [0.2, 0.25) is 0 Å². The van der Waals surface area contributed by atoms with Gasteiger partial charge in [-0.25, -0.2) is 8.78 Å². The quantitative estimate of drug-likeness (QED) is 0.837. The van der Waals surface area contributed by atoms with Gasteiger partial charge in [-0.15, -0.1) is 0 Å². The fourth-order valence-electron chi connectivity index (χ4n) is 2.05. The molecular formula is C16H16BrF2N. The van der Waals surface area contributed by atoms with Crippen molar-refractivity contribution >= 4 is 15.9 Å². The molecule has 2 rings (SSSR count). The Kier molecular flexibility index (Phi) is 5.26. The molecule has 1 atom stereocenters. The van der Waals surface area contributed by atoms with Crippen molar-refractivity contribution in [1.29, 1.82) is 0 Å². The first kappa shape index (κ1) is 15.1. The molecule has 4 heteroatoms. The summed E-state index contributed by atoms with van der Waals surface area (Å²) in [6.07, 6.45) is 0.823. The van der Waals surface area contributed by atoms with E-state index in [1.807, 2.05) is 6.92 Å². The molecule has 20 heavy (non-hydrogen) atoms. The molecule has 0 heterocycles. The van der Waals surface area contributed by atoms with Gasteiger partial charge in [0.25, 0.3) is 0 Å². The van der Waals surface area contributed by atoms with Crippen LogP contribution in [0.15, 0.2) is 46.9 Å². The van der Waals surface area contributed by atoms with Gasteiger partial charge in [0, 0.05) is 10.5 Å². The van der Waals surface area contributed by atoms with Crippen molar-refractivity contribution in [2.75, 3.05) is 6.54 Å². The Labute approximate surface area is 126 Å². The Balaban J connectivity index is 1.88. The third-order valence-electron chi connectivity index (χ3n) is 3.21. The first-order valence-electron chi connectivity index (χ1n) is 6.49. The molecule has 1 unspecified atom stereocenters. The second-order valence-electron chi connectivity index (χ2n) is 4.72. The van der Waals surface area contributed by atoms with E-state index in [2.05, 4.69) is 21.2 Å². The maximum atomic E-state index is 13.0. The van der Waals surface area contributed by atoms with E-state index in [0.717, 1.165) is 28.6 Å². The Morgan fingerprint density at radius 2 is 1.70 bits per heavy atom. The largest absolute Gasteiger partial charge is 0.310 e. The molecule has 0 aromatic heterocycles. The van der Waals surface area contributed by atoms with E-state index >= 15 is 0 Å². The van der Waals surface area contributed by atoms with E-state index in [0.29, 0.717) is 0 Å². The normalized spacial score (nSPS) is 12.4. The van der Waals surface area contributed by atoms with Gasteiger partial charge in [-0.1, -0.05) is 34.1 Å². The zero-order valence-electron chi connectivity index (χ0n) is 11.2. The number of halogens is 3. The van der Waals surface area contributed by atoms with Crippen molar-refractivity contribution < 1.29 is 8.78 Å². The van der Waals surface area contributed by atoms with Crippen molar-refractivity contribution in [3.63, 3.8) is 0 Å². The van der Waals surface area contributed by atoms with Gasteiger partial charge in [0.15, 0.2) is 0 Å². The minimum absolute atomic E-state index is 0.116. The topological polar surface area (TPSA) is 12.0 Å². The highest BCUT2D eigenvalue weighted by atomic mass is 79.9. The predicted molar refractivity (Wildman–Crippen MR) is 80.6 cm³/mol. The lowest BCUT2D eigenvalue weighted by Gasteiger charge is -2.16. The second kappa shape index (κ2) is 6.95. The molecular weight excluding hydrogens is 324 g/mol. The van der Waals surface area contributed by atoms with Crippen molar-refractivity contribution in [3.8, 4) is 0 Å². The number of hydrogen-bond acceptors (Lipinski definition) is 1. The highest BCUT2D eigenvalue weighted by Crippen LogP contribution is 2.24. The lowest BCUT2D eigenvalue weighted by molar-refractivity contribution is 0.570. The second-order valence-corrected chi connectivity index (χ2v) is 5.57. The van der Waals surface area contributed by atoms with E-state index in [1.165, 1.54) is 24.3 Å². The van der Waals surface area contributed by atoms with Crippen LogP contribution in [-0.2, 0) is 6.42 Å². The molecule has 0 aliphatic rings. The van der Waals surface area contributed by atoms with Gasteiger partial charge < -0.3 is 5.32 Å². The molecule has 0 aliphatic carbocycles. The van der Waals surface area contributed by atoms with E-state index in [9.17, 15) is 8.78 Å². The van der Waals surface area contributed by atoms with Crippen LogP contribution in [0, 0.1) is 11.6 Å². The van der Waals surface area contributed by atoms with E-state index < -0.39 is 0 Å². The van der Waals surface area contributed by atoms with Crippen molar-refractivity contribution in [2.45, 2.75) is 19.4 Å². The number of nitrogens with one attached hydrogen (secondary N) is 1. The third kappa shape index (κ3) is 4.12. The summed E-state index contributed by atoms with van der Waals surface area (Å²) in [4.78, 5) is 0. The molecule has 2 aromatic rings. The fraction of sp³-hybridized carbons (Fsp3) is 0.250. The van der Waals surface area contributed by atoms with Crippen LogP contribution in [0.25, 0.3) is 0 Å². The molecule has 0 spiro atoms. The van der Waals surface area contributed by atoms with Crippen LogP contribution in [0.5, 0.6) is 0 Å². The van der Waals surface area contributed by atoms with Gasteiger partial charge in [0.05, 0.1) is 0 Å². The van der Waals surface area contributed by atoms with E-state index in [1.54, 1.807) is 18.2 Å². The Morgan fingerprint density at radius 3 is 2.35 bits per heavy atom. The van der Waals surface area contributed by atoms with Gasteiger partial charge in [0.1, 0.15) is 11.6 Å².